The minimum absolute atomic E-state index is 0. The van der Waals surface area contributed by atoms with E-state index >= 15 is 0 Å². The maximum Gasteiger partial charge on any atom is 0.224 e. The summed E-state index contributed by atoms with van der Waals surface area (Å²) in [6.07, 6.45) is 2.59. The molecular weight excluding hydrogens is 273 g/mol. The molecule has 0 bridgehead atoms. The minimum Gasteiger partial charge on any atom is -0.343 e. The molecule has 110 valence electrons. The summed E-state index contributed by atoms with van der Waals surface area (Å²) >= 11 is 0. The van der Waals surface area contributed by atoms with E-state index in [4.69, 9.17) is 5.73 Å². The van der Waals surface area contributed by atoms with E-state index in [0.29, 0.717) is 18.5 Å². The molecule has 1 fully saturated rings. The summed E-state index contributed by atoms with van der Waals surface area (Å²) in [4.78, 5) is 16.1. The summed E-state index contributed by atoms with van der Waals surface area (Å²) in [5, 5.41) is 0. The molecular formula is C12H27Cl2N3O. The smallest absolute Gasteiger partial charge is 0.224 e. The van der Waals surface area contributed by atoms with Gasteiger partial charge in [-0.25, -0.2) is 0 Å². The van der Waals surface area contributed by atoms with Crippen molar-refractivity contribution in [2.75, 3.05) is 20.6 Å². The Hall–Kier alpha value is -0.0300. The summed E-state index contributed by atoms with van der Waals surface area (Å²) in [6.45, 7) is 5.17. The van der Waals surface area contributed by atoms with Gasteiger partial charge in [0.05, 0.1) is 0 Å². The average molecular weight is 300 g/mol. The van der Waals surface area contributed by atoms with Crippen LogP contribution in [0.25, 0.3) is 0 Å². The Labute approximate surface area is 123 Å². The number of rotatable bonds is 3. The molecule has 1 saturated heterocycles. The molecule has 2 N–H and O–H groups in total. The third-order valence-electron chi connectivity index (χ3n) is 3.62. The molecule has 1 heterocycles. The molecule has 3 unspecified atom stereocenters. The first-order valence-corrected chi connectivity index (χ1v) is 6.13. The van der Waals surface area contributed by atoms with E-state index in [0.717, 1.165) is 19.4 Å². The lowest BCUT2D eigenvalue weighted by atomic mass is 9.97. The van der Waals surface area contributed by atoms with Crippen molar-refractivity contribution in [2.45, 2.75) is 51.2 Å². The molecule has 0 saturated carbocycles. The lowest BCUT2D eigenvalue weighted by molar-refractivity contribution is -0.133. The van der Waals surface area contributed by atoms with Crippen LogP contribution in [0.3, 0.4) is 0 Å². The van der Waals surface area contributed by atoms with Gasteiger partial charge in [-0.15, -0.1) is 24.8 Å². The Morgan fingerprint density at radius 2 is 2.06 bits per heavy atom. The van der Waals surface area contributed by atoms with Crippen LogP contribution in [-0.2, 0) is 4.79 Å². The van der Waals surface area contributed by atoms with E-state index in [-0.39, 0.29) is 36.8 Å². The summed E-state index contributed by atoms with van der Waals surface area (Å²) in [6, 6.07) is 0.903. The summed E-state index contributed by atoms with van der Waals surface area (Å²) in [7, 11) is 4.05. The number of likely N-dealkylation sites (tertiary alicyclic amines) is 1. The monoisotopic (exact) mass is 299 g/mol. The quantitative estimate of drug-likeness (QED) is 0.859. The fourth-order valence-electron chi connectivity index (χ4n) is 2.24. The Kier molecular flexibility index (Phi) is 10.1. The van der Waals surface area contributed by atoms with Crippen molar-refractivity contribution in [3.05, 3.63) is 0 Å². The molecule has 0 aromatic heterocycles. The summed E-state index contributed by atoms with van der Waals surface area (Å²) in [5.41, 5.74) is 5.65. The van der Waals surface area contributed by atoms with Crippen LogP contribution >= 0.6 is 24.8 Å². The number of piperidine rings is 1. The van der Waals surface area contributed by atoms with Crippen molar-refractivity contribution in [2.24, 2.45) is 5.73 Å². The van der Waals surface area contributed by atoms with E-state index in [1.54, 1.807) is 0 Å². The van der Waals surface area contributed by atoms with Crippen LogP contribution in [0.15, 0.2) is 0 Å². The number of amides is 1. The van der Waals surface area contributed by atoms with Gasteiger partial charge >= 0.3 is 0 Å². The fourth-order valence-corrected chi connectivity index (χ4v) is 2.24. The van der Waals surface area contributed by atoms with E-state index in [1.165, 1.54) is 0 Å². The maximum atomic E-state index is 11.9. The molecule has 18 heavy (non-hydrogen) atoms. The Balaban J connectivity index is 0. The largest absolute Gasteiger partial charge is 0.343 e. The Morgan fingerprint density at radius 3 is 2.50 bits per heavy atom. The summed E-state index contributed by atoms with van der Waals surface area (Å²) in [5.74, 6) is 0.178. The normalized spacial score (nSPS) is 25.6. The molecule has 1 aliphatic rings. The molecule has 4 nitrogen and oxygen atoms in total. The molecule has 0 radical (unpaired) electrons. The van der Waals surface area contributed by atoms with Crippen molar-refractivity contribution in [3.8, 4) is 0 Å². The van der Waals surface area contributed by atoms with Gasteiger partial charge in [-0.05, 0) is 33.7 Å². The zero-order chi connectivity index (χ0) is 12.3. The Bertz CT molecular complexity index is 251. The lowest BCUT2D eigenvalue weighted by Crippen LogP contribution is -2.48. The van der Waals surface area contributed by atoms with Crippen LogP contribution in [0.5, 0.6) is 0 Å². The minimum atomic E-state index is -0.0429. The van der Waals surface area contributed by atoms with Gasteiger partial charge in [-0.2, -0.15) is 0 Å². The van der Waals surface area contributed by atoms with Gasteiger partial charge in [0.25, 0.3) is 0 Å². The Morgan fingerprint density at radius 1 is 1.50 bits per heavy atom. The first kappa shape index (κ1) is 20.3. The predicted molar refractivity (Wildman–Crippen MR) is 80.6 cm³/mol. The molecule has 3 atom stereocenters. The third kappa shape index (κ3) is 5.74. The molecule has 0 aromatic rings. The highest BCUT2D eigenvalue weighted by atomic mass is 35.5. The maximum absolute atomic E-state index is 11.9. The highest BCUT2D eigenvalue weighted by Crippen LogP contribution is 2.20. The van der Waals surface area contributed by atoms with Gasteiger partial charge in [-0.3, -0.25) is 4.79 Å². The molecule has 0 aromatic carbocycles. The summed E-state index contributed by atoms with van der Waals surface area (Å²) < 4.78 is 0. The second-order valence-corrected chi connectivity index (χ2v) is 5.19. The zero-order valence-corrected chi connectivity index (χ0v) is 13.4. The van der Waals surface area contributed by atoms with E-state index < -0.39 is 0 Å². The topological polar surface area (TPSA) is 49.6 Å². The number of nitrogens with two attached hydrogens (primary N) is 1. The zero-order valence-electron chi connectivity index (χ0n) is 11.8. The van der Waals surface area contributed by atoms with Crippen LogP contribution in [0.1, 0.15) is 33.1 Å². The average Bonchev–Trinajstić information content (AvgIpc) is 2.20. The van der Waals surface area contributed by atoms with Gasteiger partial charge in [0, 0.05) is 38.1 Å². The van der Waals surface area contributed by atoms with Crippen molar-refractivity contribution >= 4 is 30.7 Å². The number of carbonyl (C=O) groups is 1. The molecule has 1 amide bonds. The molecule has 0 spiro atoms. The van der Waals surface area contributed by atoms with Gasteiger partial charge in [0.15, 0.2) is 0 Å². The highest BCUT2D eigenvalue weighted by molar-refractivity contribution is 5.85. The van der Waals surface area contributed by atoms with Crippen LogP contribution in [0, 0.1) is 0 Å². The number of hydrogen-bond acceptors (Lipinski definition) is 3. The number of nitrogens with zero attached hydrogens (tertiary/aromatic N) is 2. The highest BCUT2D eigenvalue weighted by Gasteiger charge is 2.27. The number of halogens is 2. The van der Waals surface area contributed by atoms with Gasteiger partial charge in [-0.1, -0.05) is 0 Å². The first-order valence-electron chi connectivity index (χ1n) is 6.13. The van der Waals surface area contributed by atoms with Gasteiger partial charge in [0.1, 0.15) is 0 Å². The molecule has 1 rings (SSSR count). The van der Waals surface area contributed by atoms with Crippen LogP contribution < -0.4 is 5.73 Å². The van der Waals surface area contributed by atoms with Crippen LogP contribution in [-0.4, -0.2) is 54.5 Å². The van der Waals surface area contributed by atoms with E-state index in [9.17, 15) is 4.79 Å². The van der Waals surface area contributed by atoms with E-state index in [1.807, 2.05) is 18.9 Å². The molecule has 0 aliphatic carbocycles. The van der Waals surface area contributed by atoms with Crippen molar-refractivity contribution in [1.29, 1.82) is 0 Å². The number of carbonyl (C=O) groups excluding carboxylic acids is 1. The molecule has 1 aliphatic heterocycles. The fraction of sp³-hybridized carbons (Fsp3) is 0.917. The van der Waals surface area contributed by atoms with Crippen molar-refractivity contribution in [3.63, 3.8) is 0 Å². The molecule has 6 heteroatoms. The van der Waals surface area contributed by atoms with Gasteiger partial charge in [0.2, 0.25) is 5.91 Å². The van der Waals surface area contributed by atoms with Gasteiger partial charge < -0.3 is 15.5 Å². The van der Waals surface area contributed by atoms with Crippen molar-refractivity contribution < 1.29 is 4.79 Å². The van der Waals surface area contributed by atoms with Crippen molar-refractivity contribution in [1.82, 2.24) is 9.80 Å². The number of hydrogen-bond donors (Lipinski definition) is 1. The SMILES string of the molecule is CC(N)CC(=O)N(C)C1CCN(C)C(C)C1.Cl.Cl. The van der Waals surface area contributed by atoms with E-state index in [2.05, 4.69) is 18.9 Å². The van der Waals surface area contributed by atoms with Crippen LogP contribution in [0.2, 0.25) is 0 Å². The predicted octanol–water partition coefficient (Wildman–Crippen LogP) is 1.51. The lowest BCUT2D eigenvalue weighted by Gasteiger charge is -2.39. The van der Waals surface area contributed by atoms with Crippen LogP contribution in [0.4, 0.5) is 0 Å². The standard InChI is InChI=1S/C12H25N3O.2ClH/c1-9(13)7-12(16)15(4)11-5-6-14(3)10(2)8-11;;/h9-11H,5-8,13H2,1-4H3;2*1H. The first-order chi connectivity index (χ1) is 7.41. The second kappa shape index (κ2) is 8.97. The second-order valence-electron chi connectivity index (χ2n) is 5.19. The third-order valence-corrected chi connectivity index (χ3v) is 3.62.